The van der Waals surface area contributed by atoms with Gasteiger partial charge in [-0.1, -0.05) is 30.7 Å². The highest BCUT2D eigenvalue weighted by Crippen LogP contribution is 2.34. The molecule has 0 saturated carbocycles. The fourth-order valence-electron chi connectivity index (χ4n) is 3.90. The molecular formula is C26H29N5O3S. The van der Waals surface area contributed by atoms with E-state index in [1.165, 1.54) is 16.9 Å². The van der Waals surface area contributed by atoms with Crippen LogP contribution < -0.4 is 15.5 Å². The van der Waals surface area contributed by atoms with Gasteiger partial charge in [-0.25, -0.2) is 0 Å². The Morgan fingerprint density at radius 3 is 2.54 bits per heavy atom. The lowest BCUT2D eigenvalue weighted by Crippen LogP contribution is -2.24. The van der Waals surface area contributed by atoms with Crippen LogP contribution in [0.15, 0.2) is 42.5 Å². The van der Waals surface area contributed by atoms with E-state index in [2.05, 4.69) is 20.8 Å². The second kappa shape index (κ2) is 10.8. The van der Waals surface area contributed by atoms with Gasteiger partial charge in [0.1, 0.15) is 5.01 Å². The molecule has 3 aromatic rings. The topological polar surface area (TPSA) is 104 Å². The van der Waals surface area contributed by atoms with Crippen molar-refractivity contribution < 1.29 is 14.4 Å². The minimum absolute atomic E-state index is 0.0353. The van der Waals surface area contributed by atoms with E-state index < -0.39 is 0 Å². The van der Waals surface area contributed by atoms with Gasteiger partial charge in [-0.2, -0.15) is 0 Å². The van der Waals surface area contributed by atoms with Gasteiger partial charge < -0.3 is 10.2 Å². The molecule has 9 heteroatoms. The number of nitrogens with zero attached hydrogens (tertiary/aromatic N) is 3. The lowest BCUT2D eigenvalue weighted by Gasteiger charge is -2.17. The summed E-state index contributed by atoms with van der Waals surface area (Å²) in [5.41, 5.74) is 4.33. The van der Waals surface area contributed by atoms with Crippen molar-refractivity contribution in [3.63, 3.8) is 0 Å². The summed E-state index contributed by atoms with van der Waals surface area (Å²) in [5.74, 6) is -0.355. The van der Waals surface area contributed by atoms with Gasteiger partial charge in [0, 0.05) is 42.2 Å². The Morgan fingerprint density at radius 1 is 1.06 bits per heavy atom. The normalized spacial score (nSPS) is 15.3. The number of anilines is 3. The zero-order chi connectivity index (χ0) is 24.9. The number of hydrogen-bond donors (Lipinski definition) is 2. The number of hydrogen-bond acceptors (Lipinski definition) is 6. The summed E-state index contributed by atoms with van der Waals surface area (Å²) in [4.78, 5) is 39.0. The molecule has 2 heterocycles. The molecule has 0 radical (unpaired) electrons. The van der Waals surface area contributed by atoms with E-state index in [4.69, 9.17) is 0 Å². The standard InChI is InChI=1S/C26H29N5O3S/c1-4-5-6-22(32)27-20-10-8-18(9-11-20)24(34)28-26-30-29-25(35-26)19-14-23(33)31(15-19)21-12-7-16(2)17(3)13-21/h7-13,19H,4-6,14-15H2,1-3H3,(H,27,32)(H,28,30,34)/t19-/m1/s1. The van der Waals surface area contributed by atoms with Crippen molar-refractivity contribution >= 4 is 45.6 Å². The Hall–Kier alpha value is -3.59. The van der Waals surface area contributed by atoms with Crippen LogP contribution in [0.5, 0.6) is 0 Å². The Labute approximate surface area is 208 Å². The Morgan fingerprint density at radius 2 is 1.83 bits per heavy atom. The van der Waals surface area contributed by atoms with Gasteiger partial charge in [0.15, 0.2) is 0 Å². The summed E-state index contributed by atoms with van der Waals surface area (Å²) < 4.78 is 0. The van der Waals surface area contributed by atoms with E-state index in [-0.39, 0.29) is 23.6 Å². The highest BCUT2D eigenvalue weighted by Gasteiger charge is 2.34. The van der Waals surface area contributed by atoms with Gasteiger partial charge in [0.25, 0.3) is 5.91 Å². The summed E-state index contributed by atoms with van der Waals surface area (Å²) in [6.07, 6.45) is 2.64. The number of unbranched alkanes of at least 4 members (excludes halogenated alkanes) is 1. The Balaban J connectivity index is 1.36. The molecule has 1 aliphatic heterocycles. The minimum Gasteiger partial charge on any atom is -0.326 e. The van der Waals surface area contributed by atoms with Crippen molar-refractivity contribution in [3.05, 3.63) is 64.2 Å². The van der Waals surface area contributed by atoms with Crippen molar-refractivity contribution in [2.75, 3.05) is 22.1 Å². The number of aromatic nitrogens is 2. The van der Waals surface area contributed by atoms with Crippen LogP contribution in [0.4, 0.5) is 16.5 Å². The van der Waals surface area contributed by atoms with Crippen LogP contribution in [-0.2, 0) is 9.59 Å². The molecule has 2 aromatic carbocycles. The monoisotopic (exact) mass is 491 g/mol. The molecule has 1 aromatic heterocycles. The number of amides is 3. The minimum atomic E-state index is -0.309. The Bertz CT molecular complexity index is 1240. The van der Waals surface area contributed by atoms with Crippen LogP contribution in [0.3, 0.4) is 0 Å². The van der Waals surface area contributed by atoms with Gasteiger partial charge in [-0.3, -0.25) is 19.7 Å². The third kappa shape index (κ3) is 5.92. The number of aryl methyl sites for hydroxylation is 2. The van der Waals surface area contributed by atoms with Gasteiger partial charge in [-0.15, -0.1) is 10.2 Å². The number of carbonyl (C=O) groups is 3. The van der Waals surface area contributed by atoms with E-state index in [0.717, 1.165) is 29.1 Å². The highest BCUT2D eigenvalue weighted by molar-refractivity contribution is 7.15. The molecule has 1 atom stereocenters. The lowest BCUT2D eigenvalue weighted by molar-refractivity contribution is -0.117. The van der Waals surface area contributed by atoms with Crippen molar-refractivity contribution in [1.82, 2.24) is 10.2 Å². The summed E-state index contributed by atoms with van der Waals surface area (Å²) in [7, 11) is 0. The van der Waals surface area contributed by atoms with Crippen LogP contribution in [0, 0.1) is 13.8 Å². The second-order valence-corrected chi connectivity index (χ2v) is 9.81. The predicted octanol–water partition coefficient (Wildman–Crippen LogP) is 5.06. The molecule has 0 bridgehead atoms. The molecule has 1 fully saturated rings. The first kappa shape index (κ1) is 24.5. The first-order chi connectivity index (χ1) is 16.8. The SMILES string of the molecule is CCCCC(=O)Nc1ccc(C(=O)Nc2nnc([C@@H]3CC(=O)N(c4ccc(C)c(C)c4)C3)s2)cc1. The van der Waals surface area contributed by atoms with Crippen LogP contribution in [0.25, 0.3) is 0 Å². The van der Waals surface area contributed by atoms with Crippen molar-refractivity contribution in [2.45, 2.75) is 52.4 Å². The summed E-state index contributed by atoms with van der Waals surface area (Å²) in [5, 5.41) is 15.1. The molecule has 0 unspecified atom stereocenters. The number of nitrogens with one attached hydrogen (secondary N) is 2. The van der Waals surface area contributed by atoms with E-state index in [1.54, 1.807) is 29.2 Å². The van der Waals surface area contributed by atoms with E-state index in [9.17, 15) is 14.4 Å². The predicted molar refractivity (Wildman–Crippen MR) is 138 cm³/mol. The summed E-state index contributed by atoms with van der Waals surface area (Å²) in [6.45, 7) is 6.66. The first-order valence-corrected chi connectivity index (χ1v) is 12.6. The molecule has 4 rings (SSSR count). The molecule has 1 aliphatic rings. The van der Waals surface area contributed by atoms with Crippen molar-refractivity contribution in [3.8, 4) is 0 Å². The average Bonchev–Trinajstić information content (AvgIpc) is 3.46. The number of rotatable bonds is 8. The average molecular weight is 492 g/mol. The number of carbonyl (C=O) groups excluding carboxylic acids is 3. The van der Waals surface area contributed by atoms with Crippen LogP contribution >= 0.6 is 11.3 Å². The summed E-state index contributed by atoms with van der Waals surface area (Å²) >= 11 is 1.29. The zero-order valence-electron chi connectivity index (χ0n) is 20.1. The number of benzene rings is 2. The van der Waals surface area contributed by atoms with Gasteiger partial charge in [0.2, 0.25) is 16.9 Å². The van der Waals surface area contributed by atoms with Crippen molar-refractivity contribution in [1.29, 1.82) is 0 Å². The van der Waals surface area contributed by atoms with Crippen LogP contribution in [0.2, 0.25) is 0 Å². The van der Waals surface area contributed by atoms with Crippen molar-refractivity contribution in [2.24, 2.45) is 0 Å². The first-order valence-electron chi connectivity index (χ1n) is 11.8. The molecule has 0 spiro atoms. The smallest absolute Gasteiger partial charge is 0.257 e. The van der Waals surface area contributed by atoms with Gasteiger partial charge >= 0.3 is 0 Å². The molecule has 0 aliphatic carbocycles. The molecular weight excluding hydrogens is 462 g/mol. The molecule has 1 saturated heterocycles. The van der Waals surface area contributed by atoms with Gasteiger partial charge in [0.05, 0.1) is 0 Å². The van der Waals surface area contributed by atoms with E-state index in [1.807, 2.05) is 39.0 Å². The maximum Gasteiger partial charge on any atom is 0.257 e. The molecule has 182 valence electrons. The van der Waals surface area contributed by atoms with Gasteiger partial charge in [-0.05, 0) is 67.8 Å². The summed E-state index contributed by atoms with van der Waals surface area (Å²) in [6, 6.07) is 12.7. The highest BCUT2D eigenvalue weighted by atomic mass is 32.1. The third-order valence-electron chi connectivity index (χ3n) is 6.13. The van der Waals surface area contributed by atoms with Crippen LogP contribution in [0.1, 0.15) is 65.0 Å². The lowest BCUT2D eigenvalue weighted by atomic mass is 10.1. The second-order valence-electron chi connectivity index (χ2n) is 8.80. The molecule has 35 heavy (non-hydrogen) atoms. The van der Waals surface area contributed by atoms with E-state index >= 15 is 0 Å². The largest absolute Gasteiger partial charge is 0.326 e. The Kier molecular flexibility index (Phi) is 7.55. The maximum absolute atomic E-state index is 12.7. The quantitative estimate of drug-likeness (QED) is 0.459. The van der Waals surface area contributed by atoms with Crippen LogP contribution in [-0.4, -0.2) is 34.5 Å². The molecule has 8 nitrogen and oxygen atoms in total. The maximum atomic E-state index is 12.7. The van der Waals surface area contributed by atoms with E-state index in [0.29, 0.717) is 35.8 Å². The fourth-order valence-corrected chi connectivity index (χ4v) is 4.73. The molecule has 3 amide bonds. The zero-order valence-corrected chi connectivity index (χ0v) is 20.9. The fraction of sp³-hybridized carbons (Fsp3) is 0.346. The third-order valence-corrected chi connectivity index (χ3v) is 7.13. The molecule has 2 N–H and O–H groups in total.